The number of para-hydroxylation sites is 1. The maximum Gasteiger partial charge on any atom is 0.329 e. The predicted molar refractivity (Wildman–Crippen MR) is 73.5 cm³/mol. The number of carbonyl (C=O) groups is 2. The molecule has 1 fully saturated rings. The standard InChI is InChI=1S/C15H18FNO4/c1-15(14(19)20)8-4-9-17(15)13(18)7-10-21-12-6-3-2-5-11(12)16/h2-3,5-6H,4,7-10H2,1H3,(H,19,20). The average molecular weight is 295 g/mol. The zero-order valence-electron chi connectivity index (χ0n) is 11.8. The van der Waals surface area contributed by atoms with E-state index in [4.69, 9.17) is 4.74 Å². The van der Waals surface area contributed by atoms with Crippen LogP contribution in [0, 0.1) is 5.82 Å². The smallest absolute Gasteiger partial charge is 0.329 e. The second-order valence-corrected chi connectivity index (χ2v) is 5.26. The van der Waals surface area contributed by atoms with E-state index in [1.54, 1.807) is 19.1 Å². The highest BCUT2D eigenvalue weighted by Gasteiger charge is 2.45. The van der Waals surface area contributed by atoms with Crippen LogP contribution in [0.1, 0.15) is 26.2 Å². The normalized spacial score (nSPS) is 21.3. The van der Waals surface area contributed by atoms with Crippen LogP contribution in [-0.4, -0.2) is 40.6 Å². The minimum absolute atomic E-state index is 0.0198. The molecule has 1 aliphatic rings. The molecule has 5 nitrogen and oxygen atoms in total. The van der Waals surface area contributed by atoms with Crippen LogP contribution in [0.2, 0.25) is 0 Å². The Morgan fingerprint density at radius 2 is 2.14 bits per heavy atom. The van der Waals surface area contributed by atoms with E-state index in [9.17, 15) is 19.1 Å². The average Bonchev–Trinajstić information content (AvgIpc) is 2.84. The van der Waals surface area contributed by atoms with Gasteiger partial charge in [-0.25, -0.2) is 9.18 Å². The third kappa shape index (κ3) is 3.15. The summed E-state index contributed by atoms with van der Waals surface area (Å²) in [5, 5.41) is 9.26. The van der Waals surface area contributed by atoms with Gasteiger partial charge in [-0.15, -0.1) is 0 Å². The minimum atomic E-state index is -1.14. The molecule has 0 radical (unpaired) electrons. The van der Waals surface area contributed by atoms with Gasteiger partial charge >= 0.3 is 5.97 Å². The maximum atomic E-state index is 13.3. The highest BCUT2D eigenvalue weighted by atomic mass is 19.1. The lowest BCUT2D eigenvalue weighted by Gasteiger charge is -2.31. The van der Waals surface area contributed by atoms with Crippen molar-refractivity contribution in [2.75, 3.05) is 13.2 Å². The number of nitrogens with zero attached hydrogens (tertiary/aromatic N) is 1. The first-order chi connectivity index (χ1) is 9.95. The summed E-state index contributed by atoms with van der Waals surface area (Å²) in [5.74, 6) is -1.67. The molecule has 1 amide bonds. The number of rotatable bonds is 5. The molecule has 1 atom stereocenters. The van der Waals surface area contributed by atoms with Gasteiger partial charge in [0.1, 0.15) is 5.54 Å². The maximum absolute atomic E-state index is 13.3. The van der Waals surface area contributed by atoms with Gasteiger partial charge in [0, 0.05) is 6.54 Å². The van der Waals surface area contributed by atoms with Gasteiger partial charge in [0.05, 0.1) is 13.0 Å². The Kier molecular flexibility index (Phi) is 4.45. The van der Waals surface area contributed by atoms with Crippen molar-refractivity contribution < 1.29 is 23.8 Å². The molecule has 1 heterocycles. The van der Waals surface area contributed by atoms with Crippen LogP contribution >= 0.6 is 0 Å². The summed E-state index contributed by atoms with van der Waals surface area (Å²) in [6.45, 7) is 2.01. The zero-order valence-corrected chi connectivity index (χ0v) is 11.8. The lowest BCUT2D eigenvalue weighted by Crippen LogP contribution is -2.51. The van der Waals surface area contributed by atoms with Crippen LogP contribution in [0.15, 0.2) is 24.3 Å². The Bertz CT molecular complexity index is 548. The van der Waals surface area contributed by atoms with E-state index in [0.29, 0.717) is 19.4 Å². The molecule has 1 unspecified atom stereocenters. The Hall–Kier alpha value is -2.11. The van der Waals surface area contributed by atoms with Crippen molar-refractivity contribution in [3.05, 3.63) is 30.1 Å². The van der Waals surface area contributed by atoms with Gasteiger partial charge in [-0.3, -0.25) is 4.79 Å². The van der Waals surface area contributed by atoms with Gasteiger partial charge < -0.3 is 14.7 Å². The van der Waals surface area contributed by atoms with Crippen LogP contribution < -0.4 is 4.74 Å². The topological polar surface area (TPSA) is 66.8 Å². The van der Waals surface area contributed by atoms with Gasteiger partial charge in [-0.2, -0.15) is 0 Å². The summed E-state index contributed by atoms with van der Waals surface area (Å²) >= 11 is 0. The predicted octanol–water partition coefficient (Wildman–Crippen LogP) is 2.06. The fourth-order valence-corrected chi connectivity index (χ4v) is 2.53. The molecular formula is C15H18FNO4. The SMILES string of the molecule is CC1(C(=O)O)CCCN1C(=O)CCOc1ccccc1F. The Morgan fingerprint density at radius 3 is 2.81 bits per heavy atom. The fourth-order valence-electron chi connectivity index (χ4n) is 2.53. The second-order valence-electron chi connectivity index (χ2n) is 5.26. The number of halogens is 1. The molecule has 0 aliphatic carbocycles. The lowest BCUT2D eigenvalue weighted by molar-refractivity contribution is -0.155. The van der Waals surface area contributed by atoms with Crippen molar-refractivity contribution in [2.45, 2.75) is 31.7 Å². The summed E-state index contributed by atoms with van der Waals surface area (Å²) < 4.78 is 18.6. The van der Waals surface area contributed by atoms with Crippen molar-refractivity contribution in [3.8, 4) is 5.75 Å². The molecule has 1 aromatic rings. The van der Waals surface area contributed by atoms with Crippen LogP contribution in [0.3, 0.4) is 0 Å². The van der Waals surface area contributed by atoms with E-state index in [0.717, 1.165) is 0 Å². The first-order valence-electron chi connectivity index (χ1n) is 6.86. The third-order valence-electron chi connectivity index (χ3n) is 3.81. The van der Waals surface area contributed by atoms with E-state index in [2.05, 4.69) is 0 Å². The monoisotopic (exact) mass is 295 g/mol. The van der Waals surface area contributed by atoms with Gasteiger partial charge in [0.25, 0.3) is 0 Å². The molecule has 1 aromatic carbocycles. The molecule has 2 rings (SSSR count). The van der Waals surface area contributed by atoms with Crippen molar-refractivity contribution >= 4 is 11.9 Å². The van der Waals surface area contributed by atoms with E-state index < -0.39 is 17.3 Å². The molecular weight excluding hydrogens is 277 g/mol. The van der Waals surface area contributed by atoms with Gasteiger partial charge in [-0.05, 0) is 31.9 Å². The minimum Gasteiger partial charge on any atom is -0.490 e. The number of carbonyl (C=O) groups excluding carboxylic acids is 1. The zero-order chi connectivity index (χ0) is 15.5. The fraction of sp³-hybridized carbons (Fsp3) is 0.467. The largest absolute Gasteiger partial charge is 0.490 e. The first-order valence-corrected chi connectivity index (χ1v) is 6.86. The van der Waals surface area contributed by atoms with Crippen molar-refractivity contribution in [1.29, 1.82) is 0 Å². The molecule has 6 heteroatoms. The van der Waals surface area contributed by atoms with Crippen LogP contribution in [0.25, 0.3) is 0 Å². The van der Waals surface area contributed by atoms with Gasteiger partial charge in [-0.1, -0.05) is 12.1 Å². The Balaban J connectivity index is 1.91. The number of hydrogen-bond donors (Lipinski definition) is 1. The van der Waals surface area contributed by atoms with Crippen molar-refractivity contribution in [3.63, 3.8) is 0 Å². The van der Waals surface area contributed by atoms with Crippen LogP contribution in [0.5, 0.6) is 5.75 Å². The molecule has 0 aromatic heterocycles. The molecule has 21 heavy (non-hydrogen) atoms. The summed E-state index contributed by atoms with van der Waals surface area (Å²) in [6, 6.07) is 5.95. The summed E-state index contributed by atoms with van der Waals surface area (Å²) in [7, 11) is 0. The molecule has 0 saturated carbocycles. The number of amides is 1. The van der Waals surface area contributed by atoms with Gasteiger partial charge in [0.15, 0.2) is 11.6 Å². The van der Waals surface area contributed by atoms with Crippen LogP contribution in [0.4, 0.5) is 4.39 Å². The number of benzene rings is 1. The number of carboxylic acids is 1. The highest BCUT2D eigenvalue weighted by molar-refractivity contribution is 5.87. The van der Waals surface area contributed by atoms with Crippen LogP contribution in [-0.2, 0) is 9.59 Å². The summed E-state index contributed by atoms with van der Waals surface area (Å²) in [5.41, 5.74) is -1.14. The van der Waals surface area contributed by atoms with Crippen molar-refractivity contribution in [1.82, 2.24) is 4.90 Å². The molecule has 0 bridgehead atoms. The molecule has 1 saturated heterocycles. The van der Waals surface area contributed by atoms with E-state index in [1.807, 2.05) is 0 Å². The highest BCUT2D eigenvalue weighted by Crippen LogP contribution is 2.29. The first kappa shape index (κ1) is 15.3. The Morgan fingerprint density at radius 1 is 1.43 bits per heavy atom. The molecule has 1 N–H and O–H groups in total. The molecule has 0 spiro atoms. The molecule has 114 valence electrons. The van der Waals surface area contributed by atoms with E-state index in [-0.39, 0.29) is 24.7 Å². The quantitative estimate of drug-likeness (QED) is 0.903. The number of aliphatic carboxylic acids is 1. The molecule has 1 aliphatic heterocycles. The van der Waals surface area contributed by atoms with Crippen molar-refractivity contribution in [2.24, 2.45) is 0 Å². The second kappa shape index (κ2) is 6.11. The number of likely N-dealkylation sites (tertiary alicyclic amines) is 1. The van der Waals surface area contributed by atoms with E-state index >= 15 is 0 Å². The van der Waals surface area contributed by atoms with Gasteiger partial charge in [0.2, 0.25) is 5.91 Å². The summed E-state index contributed by atoms with van der Waals surface area (Å²) in [6.07, 6.45) is 1.14. The Labute approximate surface area is 122 Å². The third-order valence-corrected chi connectivity index (χ3v) is 3.81. The van der Waals surface area contributed by atoms with E-state index in [1.165, 1.54) is 17.0 Å². The lowest BCUT2D eigenvalue weighted by atomic mass is 9.99. The number of ether oxygens (including phenoxy) is 1. The summed E-state index contributed by atoms with van der Waals surface area (Å²) in [4.78, 5) is 24.8. The number of hydrogen-bond acceptors (Lipinski definition) is 3. The number of carboxylic acid groups (broad SMARTS) is 1.